The van der Waals surface area contributed by atoms with E-state index in [0.29, 0.717) is 0 Å². The molecule has 0 amide bonds. The third-order valence-electron chi connectivity index (χ3n) is 1.66. The maximum absolute atomic E-state index is 3.99. The fraction of sp³-hybridized carbons (Fsp3) is 0. The lowest BCUT2D eigenvalue weighted by molar-refractivity contribution is 1.33. The zero-order chi connectivity index (χ0) is 7.68. The van der Waals surface area contributed by atoms with Gasteiger partial charge in [0.25, 0.3) is 0 Å². The Morgan fingerprint density at radius 3 is 3.18 bits per heavy atom. The van der Waals surface area contributed by atoms with E-state index in [1.807, 2.05) is 18.3 Å². The van der Waals surface area contributed by atoms with E-state index in [9.17, 15) is 0 Å². The Kier molecular flexibility index (Phi) is 1.25. The van der Waals surface area contributed by atoms with Gasteiger partial charge in [-0.1, -0.05) is 6.58 Å². The molecule has 0 unspecified atom stereocenters. The lowest BCUT2D eigenvalue weighted by Crippen LogP contribution is -1.69. The smallest absolute Gasteiger partial charge is 0.0645 e. The van der Waals surface area contributed by atoms with Crippen LogP contribution in [0.1, 0.15) is 5.69 Å². The van der Waals surface area contributed by atoms with Gasteiger partial charge in [-0.3, -0.25) is 4.98 Å². The first kappa shape index (κ1) is 6.16. The highest BCUT2D eigenvalue weighted by Gasteiger charge is 1.94. The van der Waals surface area contributed by atoms with E-state index in [4.69, 9.17) is 0 Å². The fourth-order valence-corrected chi connectivity index (χ4v) is 1.10. The number of fused-ring (bicyclic) bond motifs is 1. The van der Waals surface area contributed by atoms with Crippen LogP contribution >= 0.6 is 0 Å². The van der Waals surface area contributed by atoms with Gasteiger partial charge in [0, 0.05) is 17.3 Å². The molecule has 0 spiro atoms. The maximum atomic E-state index is 3.99. The van der Waals surface area contributed by atoms with Gasteiger partial charge in [0.05, 0.1) is 11.7 Å². The van der Waals surface area contributed by atoms with Crippen LogP contribution in [0.2, 0.25) is 0 Å². The molecule has 2 aromatic rings. The lowest BCUT2D eigenvalue weighted by atomic mass is 10.3. The molecule has 0 aliphatic rings. The van der Waals surface area contributed by atoms with Crippen molar-refractivity contribution in [3.63, 3.8) is 0 Å². The Morgan fingerprint density at radius 2 is 2.45 bits per heavy atom. The largest absolute Gasteiger partial charge is 0.354 e. The predicted molar refractivity (Wildman–Crippen MR) is 46.2 cm³/mol. The monoisotopic (exact) mass is 144 g/mol. The number of nitrogens with zero attached hydrogens (tertiary/aromatic N) is 1. The van der Waals surface area contributed by atoms with Gasteiger partial charge in [-0.05, 0) is 18.2 Å². The zero-order valence-electron chi connectivity index (χ0n) is 6.04. The van der Waals surface area contributed by atoms with Crippen LogP contribution in [0.25, 0.3) is 17.0 Å². The van der Waals surface area contributed by atoms with Crippen LogP contribution in [-0.4, -0.2) is 9.97 Å². The number of H-pyrrole nitrogens is 1. The minimum atomic E-state index is 1.04. The Balaban J connectivity index is 2.78. The third-order valence-corrected chi connectivity index (χ3v) is 1.66. The Bertz CT molecular complexity index is 354. The summed E-state index contributed by atoms with van der Waals surface area (Å²) in [6.07, 6.45) is 5.38. The Morgan fingerprint density at radius 1 is 1.55 bits per heavy atom. The van der Waals surface area contributed by atoms with Crippen LogP contribution in [0.4, 0.5) is 0 Å². The van der Waals surface area contributed by atoms with E-state index in [1.54, 1.807) is 12.3 Å². The molecule has 2 heterocycles. The van der Waals surface area contributed by atoms with Crippen molar-refractivity contribution >= 4 is 17.0 Å². The molecule has 0 aliphatic carbocycles. The third kappa shape index (κ3) is 0.923. The van der Waals surface area contributed by atoms with E-state index in [2.05, 4.69) is 16.5 Å². The van der Waals surface area contributed by atoms with Crippen LogP contribution in [0, 0.1) is 0 Å². The summed E-state index contributed by atoms with van der Waals surface area (Å²) in [5.74, 6) is 0. The summed E-state index contributed by atoms with van der Waals surface area (Å²) in [6.45, 7) is 3.67. The standard InChI is InChI=1S/C9H8N2/c1-2-8-5-7-3-4-10-6-9(7)11-8/h2-6,11H,1H2. The highest BCUT2D eigenvalue weighted by atomic mass is 14.7. The zero-order valence-corrected chi connectivity index (χ0v) is 6.04. The Labute approximate surface area is 64.6 Å². The molecule has 11 heavy (non-hydrogen) atoms. The first-order valence-corrected chi connectivity index (χ1v) is 3.45. The van der Waals surface area contributed by atoms with Crippen molar-refractivity contribution in [1.29, 1.82) is 0 Å². The molecule has 54 valence electrons. The van der Waals surface area contributed by atoms with E-state index in [1.165, 1.54) is 5.39 Å². The summed E-state index contributed by atoms with van der Waals surface area (Å²) < 4.78 is 0. The molecular weight excluding hydrogens is 136 g/mol. The SMILES string of the molecule is C=Cc1cc2ccncc2[nH]1. The molecule has 0 aliphatic heterocycles. The quantitative estimate of drug-likeness (QED) is 0.653. The molecule has 0 saturated carbocycles. The second-order valence-electron chi connectivity index (χ2n) is 2.39. The van der Waals surface area contributed by atoms with Crippen LogP contribution in [0.3, 0.4) is 0 Å². The maximum Gasteiger partial charge on any atom is 0.0645 e. The summed E-state index contributed by atoms with van der Waals surface area (Å²) in [5.41, 5.74) is 2.09. The average molecular weight is 144 g/mol. The van der Waals surface area contributed by atoms with Crippen LogP contribution in [0.15, 0.2) is 31.1 Å². The van der Waals surface area contributed by atoms with Crippen molar-refractivity contribution in [1.82, 2.24) is 9.97 Å². The minimum Gasteiger partial charge on any atom is -0.354 e. The normalized spacial score (nSPS) is 10.2. The van der Waals surface area contributed by atoms with Gasteiger partial charge in [-0.2, -0.15) is 0 Å². The van der Waals surface area contributed by atoms with Crippen molar-refractivity contribution < 1.29 is 0 Å². The number of hydrogen-bond acceptors (Lipinski definition) is 1. The van der Waals surface area contributed by atoms with Crippen LogP contribution < -0.4 is 0 Å². The second-order valence-corrected chi connectivity index (χ2v) is 2.39. The molecular formula is C9H8N2. The van der Waals surface area contributed by atoms with E-state index >= 15 is 0 Å². The summed E-state index contributed by atoms with van der Waals surface area (Å²) in [4.78, 5) is 7.16. The number of rotatable bonds is 1. The minimum absolute atomic E-state index is 1.04. The fourth-order valence-electron chi connectivity index (χ4n) is 1.10. The number of pyridine rings is 1. The van der Waals surface area contributed by atoms with Gasteiger partial charge in [0.15, 0.2) is 0 Å². The van der Waals surface area contributed by atoms with E-state index in [0.717, 1.165) is 11.2 Å². The first-order valence-electron chi connectivity index (χ1n) is 3.45. The molecule has 2 aromatic heterocycles. The highest BCUT2D eigenvalue weighted by Crippen LogP contribution is 2.13. The van der Waals surface area contributed by atoms with Gasteiger partial charge in [0.1, 0.15) is 0 Å². The van der Waals surface area contributed by atoms with Gasteiger partial charge in [-0.15, -0.1) is 0 Å². The summed E-state index contributed by atoms with van der Waals surface area (Å²) in [6, 6.07) is 4.02. The molecule has 0 bridgehead atoms. The van der Waals surface area contributed by atoms with Gasteiger partial charge < -0.3 is 4.98 Å². The van der Waals surface area contributed by atoms with Crippen molar-refractivity contribution in [3.8, 4) is 0 Å². The highest BCUT2D eigenvalue weighted by molar-refractivity contribution is 5.81. The topological polar surface area (TPSA) is 28.7 Å². The molecule has 2 heteroatoms. The summed E-state index contributed by atoms with van der Waals surface area (Å²) >= 11 is 0. The van der Waals surface area contributed by atoms with Crippen molar-refractivity contribution in [3.05, 3.63) is 36.8 Å². The molecule has 0 fully saturated rings. The lowest BCUT2D eigenvalue weighted by Gasteiger charge is -1.83. The number of nitrogens with one attached hydrogen (secondary N) is 1. The van der Waals surface area contributed by atoms with Crippen LogP contribution in [0.5, 0.6) is 0 Å². The number of aromatic nitrogens is 2. The van der Waals surface area contributed by atoms with Gasteiger partial charge in [0.2, 0.25) is 0 Å². The van der Waals surface area contributed by atoms with E-state index in [-0.39, 0.29) is 0 Å². The number of hydrogen-bond donors (Lipinski definition) is 1. The molecule has 2 nitrogen and oxygen atoms in total. The predicted octanol–water partition coefficient (Wildman–Crippen LogP) is 2.21. The van der Waals surface area contributed by atoms with Crippen molar-refractivity contribution in [2.45, 2.75) is 0 Å². The summed E-state index contributed by atoms with van der Waals surface area (Å²) in [5, 5.41) is 1.18. The molecule has 0 atom stereocenters. The van der Waals surface area contributed by atoms with E-state index < -0.39 is 0 Å². The second kappa shape index (κ2) is 2.23. The van der Waals surface area contributed by atoms with Crippen LogP contribution in [-0.2, 0) is 0 Å². The van der Waals surface area contributed by atoms with Gasteiger partial charge >= 0.3 is 0 Å². The average Bonchev–Trinajstić information content (AvgIpc) is 2.46. The van der Waals surface area contributed by atoms with Crippen molar-refractivity contribution in [2.24, 2.45) is 0 Å². The molecule has 1 N–H and O–H groups in total. The molecule has 0 radical (unpaired) electrons. The van der Waals surface area contributed by atoms with Crippen molar-refractivity contribution in [2.75, 3.05) is 0 Å². The summed E-state index contributed by atoms with van der Waals surface area (Å²) in [7, 11) is 0. The van der Waals surface area contributed by atoms with Gasteiger partial charge in [-0.25, -0.2) is 0 Å². The molecule has 0 saturated heterocycles. The molecule has 0 aromatic carbocycles. The Hall–Kier alpha value is -1.57. The first-order chi connectivity index (χ1) is 5.40. The molecule has 2 rings (SSSR count). The number of aromatic amines is 1.